The van der Waals surface area contributed by atoms with E-state index in [1.165, 1.54) is 14.2 Å². The van der Waals surface area contributed by atoms with E-state index in [-0.39, 0.29) is 17.7 Å². The zero-order valence-electron chi connectivity index (χ0n) is 16.0. The van der Waals surface area contributed by atoms with Gasteiger partial charge in [-0.1, -0.05) is 37.6 Å². The lowest BCUT2D eigenvalue weighted by molar-refractivity contribution is -0.118. The van der Waals surface area contributed by atoms with Crippen LogP contribution in [0.2, 0.25) is 5.02 Å². The highest BCUT2D eigenvalue weighted by Gasteiger charge is 2.26. The summed E-state index contributed by atoms with van der Waals surface area (Å²) in [6.07, 6.45) is 0. The van der Waals surface area contributed by atoms with Gasteiger partial charge in [0, 0.05) is 16.6 Å². The monoisotopic (exact) mass is 468 g/mol. The largest absolute Gasteiger partial charge is 0.493 e. The molecule has 0 spiro atoms. The van der Waals surface area contributed by atoms with Gasteiger partial charge in [-0.15, -0.1) is 0 Å². The molecular formula is C20H22BrClN2O4. The van der Waals surface area contributed by atoms with Gasteiger partial charge in [0.05, 0.1) is 30.5 Å². The lowest BCUT2D eigenvalue weighted by atomic mass is 10.0. The molecule has 1 unspecified atom stereocenters. The Hall–Kier alpha value is -2.25. The maximum absolute atomic E-state index is 12.8. The number of amides is 2. The van der Waals surface area contributed by atoms with E-state index in [1.54, 1.807) is 30.3 Å². The average molecular weight is 470 g/mol. The van der Waals surface area contributed by atoms with Gasteiger partial charge in [-0.05, 0) is 34.0 Å². The van der Waals surface area contributed by atoms with Crippen LogP contribution in [0.4, 0.5) is 5.69 Å². The van der Waals surface area contributed by atoms with Gasteiger partial charge >= 0.3 is 0 Å². The van der Waals surface area contributed by atoms with Crippen LogP contribution < -0.4 is 20.1 Å². The Morgan fingerprint density at radius 3 is 2.25 bits per heavy atom. The first-order valence-corrected chi connectivity index (χ1v) is 9.73. The fourth-order valence-electron chi connectivity index (χ4n) is 2.56. The third kappa shape index (κ3) is 5.17. The minimum Gasteiger partial charge on any atom is -0.493 e. The highest BCUT2D eigenvalue weighted by Crippen LogP contribution is 2.36. The summed E-state index contributed by atoms with van der Waals surface area (Å²) in [6, 6.07) is 9.39. The van der Waals surface area contributed by atoms with E-state index in [0.717, 1.165) is 0 Å². The Morgan fingerprint density at radius 1 is 1.07 bits per heavy atom. The minimum absolute atomic E-state index is 0.148. The summed E-state index contributed by atoms with van der Waals surface area (Å²) >= 11 is 9.59. The number of nitrogens with one attached hydrogen (secondary N) is 2. The molecule has 28 heavy (non-hydrogen) atoms. The van der Waals surface area contributed by atoms with Gasteiger partial charge in [0.15, 0.2) is 11.5 Å². The van der Waals surface area contributed by atoms with Crippen molar-refractivity contribution in [3.8, 4) is 11.5 Å². The predicted molar refractivity (Wildman–Crippen MR) is 113 cm³/mol. The molecule has 2 aromatic carbocycles. The molecule has 150 valence electrons. The molecule has 2 N–H and O–H groups in total. The molecule has 0 bridgehead atoms. The Bertz CT molecular complexity index is 873. The minimum atomic E-state index is -0.760. The maximum Gasteiger partial charge on any atom is 0.253 e. The second-order valence-electron chi connectivity index (χ2n) is 6.35. The molecule has 0 aliphatic carbocycles. The molecular weight excluding hydrogens is 448 g/mol. The number of ether oxygens (including phenoxy) is 2. The number of hydrogen-bond donors (Lipinski definition) is 2. The van der Waals surface area contributed by atoms with Gasteiger partial charge in [-0.3, -0.25) is 9.59 Å². The van der Waals surface area contributed by atoms with Crippen LogP contribution in [0, 0.1) is 5.92 Å². The van der Waals surface area contributed by atoms with Crippen molar-refractivity contribution in [1.29, 1.82) is 0 Å². The normalized spacial score (nSPS) is 11.7. The summed E-state index contributed by atoms with van der Waals surface area (Å²) in [5.41, 5.74) is 0.815. The van der Waals surface area contributed by atoms with Crippen molar-refractivity contribution < 1.29 is 19.1 Å². The predicted octanol–water partition coefficient (Wildman–Crippen LogP) is 4.51. The van der Waals surface area contributed by atoms with E-state index in [4.69, 9.17) is 21.1 Å². The van der Waals surface area contributed by atoms with E-state index in [0.29, 0.717) is 32.2 Å². The summed E-state index contributed by atoms with van der Waals surface area (Å²) in [6.45, 7) is 3.70. The number of hydrogen-bond acceptors (Lipinski definition) is 4. The zero-order chi connectivity index (χ0) is 20.8. The van der Waals surface area contributed by atoms with Crippen LogP contribution in [0.1, 0.15) is 24.2 Å². The molecule has 1 atom stereocenters. The van der Waals surface area contributed by atoms with Crippen LogP contribution in [-0.2, 0) is 4.79 Å². The lowest BCUT2D eigenvalue weighted by Gasteiger charge is -2.22. The van der Waals surface area contributed by atoms with Gasteiger partial charge in [0.25, 0.3) is 5.91 Å². The molecule has 0 radical (unpaired) electrons. The van der Waals surface area contributed by atoms with Gasteiger partial charge in [0.2, 0.25) is 5.91 Å². The number of benzene rings is 2. The van der Waals surface area contributed by atoms with Crippen LogP contribution in [0.15, 0.2) is 40.9 Å². The summed E-state index contributed by atoms with van der Waals surface area (Å²) in [5.74, 6) is 0.00306. The van der Waals surface area contributed by atoms with Crippen molar-refractivity contribution >= 4 is 45.0 Å². The number of rotatable bonds is 7. The van der Waals surface area contributed by atoms with Gasteiger partial charge in [-0.2, -0.15) is 0 Å². The second kappa shape index (κ2) is 9.80. The standard InChI is InChI=1S/C20H22BrClN2O4/c1-11(2)18(24-19(25)12-7-5-6-8-13(12)21)20(26)23-15-10-17(28-4)16(27-3)9-14(15)22/h5-11,18H,1-4H3,(H,23,26)(H,24,25). The molecule has 0 saturated heterocycles. The Balaban J connectivity index is 2.22. The van der Waals surface area contributed by atoms with Crippen LogP contribution in [0.5, 0.6) is 11.5 Å². The summed E-state index contributed by atoms with van der Waals surface area (Å²) in [5, 5.41) is 5.84. The van der Waals surface area contributed by atoms with Crippen LogP contribution >= 0.6 is 27.5 Å². The quantitative estimate of drug-likeness (QED) is 0.625. The fourth-order valence-corrected chi connectivity index (χ4v) is 3.23. The molecule has 0 fully saturated rings. The van der Waals surface area contributed by atoms with Crippen molar-refractivity contribution in [3.05, 3.63) is 51.5 Å². The zero-order valence-corrected chi connectivity index (χ0v) is 18.3. The van der Waals surface area contributed by atoms with E-state index < -0.39 is 6.04 Å². The van der Waals surface area contributed by atoms with Gasteiger partial charge in [-0.25, -0.2) is 0 Å². The van der Waals surface area contributed by atoms with Crippen LogP contribution in [0.25, 0.3) is 0 Å². The average Bonchev–Trinajstić information content (AvgIpc) is 2.67. The van der Waals surface area contributed by atoms with E-state index in [2.05, 4.69) is 26.6 Å². The van der Waals surface area contributed by atoms with Crippen molar-refractivity contribution in [1.82, 2.24) is 5.32 Å². The number of halogens is 2. The number of carbonyl (C=O) groups excluding carboxylic acids is 2. The molecule has 0 aliphatic heterocycles. The molecule has 2 amide bonds. The molecule has 0 saturated carbocycles. The lowest BCUT2D eigenvalue weighted by Crippen LogP contribution is -2.47. The van der Waals surface area contributed by atoms with Crippen molar-refractivity contribution in [2.45, 2.75) is 19.9 Å². The molecule has 2 rings (SSSR count). The highest BCUT2D eigenvalue weighted by molar-refractivity contribution is 9.10. The molecule has 6 nitrogen and oxygen atoms in total. The van der Waals surface area contributed by atoms with Gasteiger partial charge in [0.1, 0.15) is 6.04 Å². The Kier molecular flexibility index (Phi) is 7.71. The SMILES string of the molecule is COc1cc(Cl)c(NC(=O)C(NC(=O)c2ccccc2Br)C(C)C)cc1OC. The van der Waals surface area contributed by atoms with Crippen LogP contribution in [-0.4, -0.2) is 32.1 Å². The molecule has 0 heterocycles. The fraction of sp³-hybridized carbons (Fsp3) is 0.300. The molecule has 0 aromatic heterocycles. The molecule has 0 aliphatic rings. The number of methoxy groups -OCH3 is 2. The van der Waals surface area contributed by atoms with E-state index >= 15 is 0 Å². The van der Waals surface area contributed by atoms with Crippen molar-refractivity contribution in [2.24, 2.45) is 5.92 Å². The molecule has 2 aromatic rings. The van der Waals surface area contributed by atoms with Crippen molar-refractivity contribution in [3.63, 3.8) is 0 Å². The first-order chi connectivity index (χ1) is 13.3. The first-order valence-electron chi connectivity index (χ1n) is 8.56. The summed E-state index contributed by atoms with van der Waals surface area (Å²) in [4.78, 5) is 25.4. The molecule has 8 heteroatoms. The first kappa shape index (κ1) is 22.0. The summed E-state index contributed by atoms with van der Waals surface area (Å²) in [7, 11) is 2.99. The van der Waals surface area contributed by atoms with Gasteiger partial charge < -0.3 is 20.1 Å². The van der Waals surface area contributed by atoms with Crippen molar-refractivity contribution in [2.75, 3.05) is 19.5 Å². The third-order valence-electron chi connectivity index (χ3n) is 4.09. The number of carbonyl (C=O) groups is 2. The van der Waals surface area contributed by atoms with E-state index in [9.17, 15) is 9.59 Å². The smallest absolute Gasteiger partial charge is 0.253 e. The topological polar surface area (TPSA) is 76.7 Å². The highest BCUT2D eigenvalue weighted by atomic mass is 79.9. The summed E-state index contributed by atoms with van der Waals surface area (Å²) < 4.78 is 11.1. The Morgan fingerprint density at radius 2 is 1.68 bits per heavy atom. The maximum atomic E-state index is 12.8. The Labute approximate surface area is 177 Å². The van der Waals surface area contributed by atoms with Crippen LogP contribution in [0.3, 0.4) is 0 Å². The number of anilines is 1. The third-order valence-corrected chi connectivity index (χ3v) is 5.09. The second-order valence-corrected chi connectivity index (χ2v) is 7.61. The van der Waals surface area contributed by atoms with E-state index in [1.807, 2.05) is 19.9 Å².